The zero-order chi connectivity index (χ0) is 86.4. The lowest BCUT2D eigenvalue weighted by Crippen LogP contribution is -2.61. The van der Waals surface area contributed by atoms with E-state index in [0.717, 1.165) is 28.5 Å². The molecule has 0 bridgehead atoms. The van der Waals surface area contributed by atoms with Gasteiger partial charge < -0.3 is 122 Å². The number of primary amides is 2. The number of fused-ring (bicyclic) bond motifs is 2. The van der Waals surface area contributed by atoms with E-state index in [2.05, 4.69) is 104 Å². The highest BCUT2D eigenvalue weighted by Gasteiger charge is 2.40. The zero-order valence-electron chi connectivity index (χ0n) is 65.5. The Labute approximate surface area is 683 Å². The summed E-state index contributed by atoms with van der Waals surface area (Å²) in [6, 6.07) is -6.64. The molecule has 1 aliphatic rings. The van der Waals surface area contributed by atoms with Gasteiger partial charge in [-0.25, -0.2) is 9.97 Å². The number of hydrogen-bond donors (Lipinski definition) is 24. The van der Waals surface area contributed by atoms with Crippen LogP contribution in [0.25, 0.3) is 21.8 Å². The molecule has 0 aliphatic carbocycles. The molecular formula is C74H102N24O18S2. The largest absolute Gasteiger partial charge is 0.481 e. The number of hydrogen-bond acceptors (Lipinski definition) is 22. The van der Waals surface area contributed by atoms with Crippen LogP contribution in [-0.4, -0.2) is 244 Å². The van der Waals surface area contributed by atoms with Gasteiger partial charge in [-0.15, -0.1) is 0 Å². The Morgan fingerprint density at radius 1 is 0.576 bits per heavy atom. The normalized spacial score (nSPS) is 22.2. The van der Waals surface area contributed by atoms with Gasteiger partial charge in [-0.2, -0.15) is 0 Å². The fraction of sp³-hybridized carbons (Fsp3) is 0.473. The zero-order valence-corrected chi connectivity index (χ0v) is 67.1. The summed E-state index contributed by atoms with van der Waals surface area (Å²) in [5, 5.41) is 65.4. The van der Waals surface area contributed by atoms with E-state index in [9.17, 15) is 72.5 Å². The van der Waals surface area contributed by atoms with E-state index in [1.165, 1.54) is 52.0 Å². The first-order valence-corrected chi connectivity index (χ1v) is 40.3. The summed E-state index contributed by atoms with van der Waals surface area (Å²) >= 11 is 0. The van der Waals surface area contributed by atoms with Gasteiger partial charge in [-0.05, 0) is 61.3 Å². The van der Waals surface area contributed by atoms with Gasteiger partial charge in [0, 0.05) is 104 Å². The summed E-state index contributed by atoms with van der Waals surface area (Å²) in [5.41, 5.74) is 19.2. The Hall–Kier alpha value is -12.6. The Morgan fingerprint density at radius 2 is 1.07 bits per heavy atom. The minimum absolute atomic E-state index is 0.0230. The Balaban J connectivity index is 1.35. The van der Waals surface area contributed by atoms with E-state index in [1.807, 2.05) is 0 Å². The average molecular weight is 1680 g/mol. The molecule has 1 aliphatic heterocycles. The van der Waals surface area contributed by atoms with Crippen molar-refractivity contribution in [3.63, 3.8) is 0 Å². The molecule has 0 unspecified atom stereocenters. The van der Waals surface area contributed by atoms with Crippen molar-refractivity contribution in [3.05, 3.63) is 108 Å². The maximum Gasteiger partial charge on any atom is 0.305 e. The molecule has 1 fully saturated rings. The number of carboxylic acid groups (broad SMARTS) is 1. The molecule has 6 aromatic rings. The van der Waals surface area contributed by atoms with Crippen LogP contribution in [0.2, 0.25) is 0 Å². The quantitative estimate of drug-likeness (QED) is 0.00997. The predicted molar refractivity (Wildman–Crippen MR) is 430 cm³/mol. The molecule has 2 aromatic carbocycles. The topological polar surface area (TPSA) is 673 Å². The van der Waals surface area contributed by atoms with E-state index in [0.29, 0.717) is 39.4 Å². The van der Waals surface area contributed by atoms with Crippen LogP contribution in [-0.2, 0) is 102 Å². The van der Waals surface area contributed by atoms with Gasteiger partial charge in [-0.3, -0.25) is 82.1 Å². The third-order valence-corrected chi connectivity index (χ3v) is 21.5. The lowest BCUT2D eigenvalue weighted by molar-refractivity contribution is -0.141. The number of aromatic nitrogens is 6. The molecular weight excluding hydrogens is 1580 g/mol. The molecule has 0 radical (unpaired) electrons. The summed E-state index contributed by atoms with van der Waals surface area (Å²) in [7, 11) is 1.63. The Morgan fingerprint density at radius 3 is 1.58 bits per heavy atom. The molecule has 14 atom stereocenters. The lowest BCUT2D eigenvalue weighted by Gasteiger charge is -2.29. The van der Waals surface area contributed by atoms with Gasteiger partial charge in [-0.1, -0.05) is 92.1 Å². The number of nitrogens with zero attached hydrogens (tertiary/aromatic N) is 2. The van der Waals surface area contributed by atoms with Crippen LogP contribution in [0.5, 0.6) is 0 Å². The standard InChI is InChI=1S/C74H102N24O18S2/c1-7-36(4)60(87-38(6)100)73(116)96-55-32-118-117-31-54(71(114)98-61(37(5)99)62(76)105)95-64(107)47(17-12-20-81-74(77)78)89-68(111)52(24-42-29-80-34-86-42)92-67(110)51(23-41-28-79-33-85-41)88-57(102)30-84-63(106)49(21-39-26-82-45-15-10-8-13-43(39)45)91-69(112)53(25-58(103)104)93-65(108)48(18-19-56(75)101)90-66(109)50(94-72(115)59(35(2)3)97-70(55)113)22-40-27-83-46-16-11-9-14-44(40)46/h8-11,13-16,26-29,33-37,47-55,59-61,82-83,99H,7,12,17-25,30-32H2,1-6H3,(H2,75,101)(H2,76,105)(H,79,85)(H,80,86)(H,84,106)(H,87,100)(H,88,102)(H,89,111)(H,90,109)(H,91,112)(H,92,110)(H,93,108)(H,94,115)(H,95,107)(H,96,116)(H,97,113)(H,98,114)(H,103,104)(H4,77,78,81)/t36-,37+,47-,48-,49-,50-,51-,52-,53-,54-,55-,59-,60-,61-/m0/s1. The van der Waals surface area contributed by atoms with E-state index in [1.54, 1.807) is 68.6 Å². The number of aliphatic hydroxyl groups is 1. The van der Waals surface area contributed by atoms with Crippen molar-refractivity contribution in [3.8, 4) is 0 Å². The maximum atomic E-state index is 15.1. The number of guanidine groups is 1. The number of amides is 15. The van der Waals surface area contributed by atoms with Crippen LogP contribution in [0.4, 0.5) is 0 Å². The number of carbonyl (C=O) groups is 16. The van der Waals surface area contributed by atoms with Crippen LogP contribution in [0.3, 0.4) is 0 Å². The first-order chi connectivity index (χ1) is 56.1. The number of H-pyrrole nitrogens is 4. The number of aromatic amines is 4. The number of aliphatic hydroxyl groups excluding tert-OH is 1. The summed E-state index contributed by atoms with van der Waals surface area (Å²) in [4.78, 5) is 248. The second kappa shape index (κ2) is 45.0. The van der Waals surface area contributed by atoms with Crippen molar-refractivity contribution < 1.29 is 86.9 Å². The fourth-order valence-corrected chi connectivity index (χ4v) is 14.9. The summed E-state index contributed by atoms with van der Waals surface area (Å²) in [6.45, 7) is 7.80. The molecule has 0 spiro atoms. The van der Waals surface area contributed by atoms with E-state index < -0.39 is 235 Å². The number of para-hydroxylation sites is 2. The smallest absolute Gasteiger partial charge is 0.305 e. The van der Waals surface area contributed by atoms with Gasteiger partial charge >= 0.3 is 5.97 Å². The van der Waals surface area contributed by atoms with Crippen LogP contribution in [0.15, 0.2) is 86.0 Å². The fourth-order valence-electron chi connectivity index (χ4n) is 12.5. The number of carbonyl (C=O) groups excluding carboxylic acids is 15. The average Bonchev–Trinajstić information content (AvgIpc) is 1.67. The van der Waals surface area contributed by atoms with Gasteiger partial charge in [0.15, 0.2) is 5.96 Å². The van der Waals surface area contributed by atoms with Crippen LogP contribution >= 0.6 is 21.6 Å². The molecule has 44 heteroatoms. The van der Waals surface area contributed by atoms with Crippen molar-refractivity contribution in [2.24, 2.45) is 29.0 Å². The number of rotatable bonds is 27. The van der Waals surface area contributed by atoms with Crippen molar-refractivity contribution in [2.45, 2.75) is 184 Å². The van der Waals surface area contributed by atoms with Crippen molar-refractivity contribution in [1.29, 1.82) is 5.41 Å². The second-order valence-corrected chi connectivity index (χ2v) is 31.1. The van der Waals surface area contributed by atoms with Gasteiger partial charge in [0.25, 0.3) is 0 Å². The number of carboxylic acids is 1. The highest BCUT2D eigenvalue weighted by Crippen LogP contribution is 2.26. The molecule has 118 heavy (non-hydrogen) atoms. The number of imidazole rings is 2. The number of aliphatic carboxylic acids is 1. The molecule has 7 rings (SSSR count). The number of benzene rings is 2. The molecule has 1 saturated heterocycles. The molecule has 4 aromatic heterocycles. The minimum atomic E-state index is -2.08. The van der Waals surface area contributed by atoms with E-state index in [4.69, 9.17) is 22.6 Å². The lowest BCUT2D eigenvalue weighted by atomic mass is 9.97. The molecule has 27 N–H and O–H groups in total. The minimum Gasteiger partial charge on any atom is -0.481 e. The number of nitrogens with two attached hydrogens (primary N) is 3. The van der Waals surface area contributed by atoms with Gasteiger partial charge in [0.1, 0.15) is 72.5 Å². The highest BCUT2D eigenvalue weighted by atomic mass is 33.1. The van der Waals surface area contributed by atoms with E-state index >= 15 is 14.4 Å². The second-order valence-electron chi connectivity index (χ2n) is 28.6. The monoisotopic (exact) mass is 1680 g/mol. The van der Waals surface area contributed by atoms with Crippen LogP contribution in [0.1, 0.15) is 103 Å². The summed E-state index contributed by atoms with van der Waals surface area (Å²) < 4.78 is 0. The maximum absolute atomic E-state index is 15.1. The number of nitrogens with one attached hydrogen (secondary N) is 19. The van der Waals surface area contributed by atoms with Crippen LogP contribution in [0, 0.1) is 17.2 Å². The van der Waals surface area contributed by atoms with Gasteiger partial charge in [0.05, 0.1) is 43.1 Å². The molecule has 5 heterocycles. The Kier molecular flexibility index (Phi) is 35.3. The molecule has 15 amide bonds. The third-order valence-electron chi connectivity index (χ3n) is 19.1. The first kappa shape index (κ1) is 92.6. The van der Waals surface area contributed by atoms with Gasteiger partial charge in [0.2, 0.25) is 88.6 Å². The molecule has 42 nitrogen and oxygen atoms in total. The first-order valence-electron chi connectivity index (χ1n) is 37.8. The predicted octanol–water partition coefficient (Wildman–Crippen LogP) is -4.71. The van der Waals surface area contributed by atoms with Crippen LogP contribution < -0.4 is 91.6 Å². The highest BCUT2D eigenvalue weighted by molar-refractivity contribution is 8.76. The Bertz CT molecular complexity index is 4560. The van der Waals surface area contributed by atoms with Crippen molar-refractivity contribution in [2.75, 3.05) is 24.6 Å². The van der Waals surface area contributed by atoms with E-state index in [-0.39, 0.29) is 50.0 Å². The van der Waals surface area contributed by atoms with Crippen molar-refractivity contribution >= 4 is 144 Å². The summed E-state index contributed by atoms with van der Waals surface area (Å²) in [6.07, 6.45) is 2.95. The SMILES string of the molecule is CC[C@H](C)[C@H](NC(C)=O)C(=O)N[C@H]1CSSC[C@@H](C(=O)N[C@H](C(N)=O)[C@@H](C)O)NC(=O)[C@H](CCCNC(=N)N)NC(=O)[C@H](Cc2c[nH]cn2)NC(=O)[C@H](Cc2c[nH]cn2)NC(=O)CNC(=O)[C@H](Cc2c[nH]c3ccccc23)NC(=O)[C@H](CC(=O)O)NC(=O)[C@H](CCC(N)=O)NC(=O)[C@H](Cc2c[nH]c3ccccc23)NC(=O)[C@H](C(C)C)NC1=O. The third kappa shape index (κ3) is 28.4. The molecule has 638 valence electrons. The van der Waals surface area contributed by atoms with Crippen molar-refractivity contribution in [1.82, 2.24) is 104 Å². The molecule has 0 saturated carbocycles. The summed E-state index contributed by atoms with van der Waals surface area (Å²) in [5.74, 6) is -20.2.